The molecule has 150 valence electrons. The Bertz CT molecular complexity index is 1090. The number of nitrogens with one attached hydrogen (secondary N) is 1. The van der Waals surface area contributed by atoms with Gasteiger partial charge in [0.25, 0.3) is 5.91 Å². The molecular formula is C24H26N2O3. The maximum Gasteiger partial charge on any atom is 0.253 e. The highest BCUT2D eigenvalue weighted by atomic mass is 16.6. The number of carbonyl (C=O) groups is 1. The number of aryl methyl sites for hydroxylation is 2. The molecule has 0 aliphatic carbocycles. The number of pyridine rings is 1. The lowest BCUT2D eigenvalue weighted by Crippen LogP contribution is -2.37. The van der Waals surface area contributed by atoms with Crippen molar-refractivity contribution < 1.29 is 14.3 Å². The smallest absolute Gasteiger partial charge is 0.253 e. The topological polar surface area (TPSA) is 60.5 Å². The zero-order chi connectivity index (χ0) is 20.6. The van der Waals surface area contributed by atoms with Crippen LogP contribution in [0.4, 0.5) is 0 Å². The highest BCUT2D eigenvalue weighted by molar-refractivity contribution is 5.98. The predicted molar refractivity (Wildman–Crippen MR) is 114 cm³/mol. The van der Waals surface area contributed by atoms with Gasteiger partial charge < -0.3 is 14.8 Å². The van der Waals surface area contributed by atoms with Crippen molar-refractivity contribution in [2.45, 2.75) is 33.1 Å². The molecule has 29 heavy (non-hydrogen) atoms. The number of hydrogen-bond acceptors (Lipinski definition) is 4. The molecule has 0 saturated carbocycles. The first-order valence-corrected chi connectivity index (χ1v) is 9.90. The number of amides is 1. The number of benzene rings is 2. The number of ether oxygens (including phenoxy) is 2. The van der Waals surface area contributed by atoms with Gasteiger partial charge in [0, 0.05) is 17.3 Å². The minimum Gasteiger partial charge on any atom is -0.486 e. The van der Waals surface area contributed by atoms with Crippen molar-refractivity contribution in [1.29, 1.82) is 0 Å². The van der Waals surface area contributed by atoms with E-state index in [9.17, 15) is 4.79 Å². The van der Waals surface area contributed by atoms with Crippen LogP contribution in [0.15, 0.2) is 42.5 Å². The SMILES string of the molecule is Cc1ccc2cc(C(=O)NCC(C)(C)c3ccc4c(c3)OCCO4)c(C)nc2c1. The van der Waals surface area contributed by atoms with Gasteiger partial charge in [-0.1, -0.05) is 32.0 Å². The van der Waals surface area contributed by atoms with Crippen LogP contribution in [-0.4, -0.2) is 30.6 Å². The van der Waals surface area contributed by atoms with Gasteiger partial charge in [0.1, 0.15) is 13.2 Å². The Balaban J connectivity index is 1.52. The molecule has 2 heterocycles. The summed E-state index contributed by atoms with van der Waals surface area (Å²) in [5, 5.41) is 4.05. The number of nitrogens with zero attached hydrogens (tertiary/aromatic N) is 1. The fourth-order valence-electron chi connectivity index (χ4n) is 3.57. The third-order valence-electron chi connectivity index (χ3n) is 5.42. The molecule has 0 unspecified atom stereocenters. The van der Waals surface area contributed by atoms with Gasteiger partial charge in [-0.05, 0) is 49.2 Å². The Morgan fingerprint density at radius 2 is 1.79 bits per heavy atom. The minimum absolute atomic E-state index is 0.108. The molecule has 5 nitrogen and oxygen atoms in total. The number of rotatable bonds is 4. The van der Waals surface area contributed by atoms with Crippen LogP contribution in [0.1, 0.15) is 41.0 Å². The summed E-state index contributed by atoms with van der Waals surface area (Å²) in [5.41, 5.74) is 4.24. The molecule has 1 aromatic heterocycles. The molecule has 0 fully saturated rings. The predicted octanol–water partition coefficient (Wildman–Crippen LogP) is 4.33. The Kier molecular flexibility index (Phi) is 4.91. The minimum atomic E-state index is -0.263. The summed E-state index contributed by atoms with van der Waals surface area (Å²) in [5.74, 6) is 1.43. The molecule has 4 rings (SSSR count). The first-order chi connectivity index (χ1) is 13.8. The Morgan fingerprint density at radius 3 is 2.59 bits per heavy atom. The van der Waals surface area contributed by atoms with Crippen molar-refractivity contribution in [3.8, 4) is 11.5 Å². The van der Waals surface area contributed by atoms with Crippen molar-refractivity contribution in [2.75, 3.05) is 19.8 Å². The van der Waals surface area contributed by atoms with Crippen molar-refractivity contribution >= 4 is 16.8 Å². The Morgan fingerprint density at radius 1 is 1.03 bits per heavy atom. The van der Waals surface area contributed by atoms with E-state index >= 15 is 0 Å². The third-order valence-corrected chi connectivity index (χ3v) is 5.42. The lowest BCUT2D eigenvalue weighted by atomic mass is 9.84. The molecule has 0 bridgehead atoms. The van der Waals surface area contributed by atoms with E-state index in [4.69, 9.17) is 9.47 Å². The maximum atomic E-state index is 12.9. The summed E-state index contributed by atoms with van der Waals surface area (Å²) in [4.78, 5) is 17.5. The summed E-state index contributed by atoms with van der Waals surface area (Å²) in [6, 6.07) is 14.0. The number of aromatic nitrogens is 1. The molecular weight excluding hydrogens is 364 g/mol. The number of fused-ring (bicyclic) bond motifs is 2. The summed E-state index contributed by atoms with van der Waals surface area (Å²) in [6.45, 7) is 9.75. The van der Waals surface area contributed by atoms with E-state index in [0.29, 0.717) is 25.3 Å². The molecule has 0 atom stereocenters. The van der Waals surface area contributed by atoms with Crippen LogP contribution in [0.25, 0.3) is 10.9 Å². The van der Waals surface area contributed by atoms with E-state index in [2.05, 4.69) is 24.1 Å². The van der Waals surface area contributed by atoms with Crippen molar-refractivity contribution in [3.63, 3.8) is 0 Å². The molecule has 1 aliphatic rings. The molecule has 0 saturated heterocycles. The maximum absolute atomic E-state index is 12.9. The molecule has 0 spiro atoms. The Labute approximate surface area is 171 Å². The monoisotopic (exact) mass is 390 g/mol. The van der Waals surface area contributed by atoms with E-state index in [1.807, 2.05) is 56.3 Å². The van der Waals surface area contributed by atoms with Crippen LogP contribution < -0.4 is 14.8 Å². The second-order valence-electron chi connectivity index (χ2n) is 8.24. The molecule has 1 N–H and O–H groups in total. The van der Waals surface area contributed by atoms with Gasteiger partial charge in [0.15, 0.2) is 11.5 Å². The van der Waals surface area contributed by atoms with Crippen molar-refractivity contribution in [1.82, 2.24) is 10.3 Å². The molecule has 0 radical (unpaired) electrons. The highest BCUT2D eigenvalue weighted by Crippen LogP contribution is 2.35. The van der Waals surface area contributed by atoms with Crippen LogP contribution in [0, 0.1) is 13.8 Å². The normalized spacial score (nSPS) is 13.4. The quantitative estimate of drug-likeness (QED) is 0.720. The zero-order valence-corrected chi connectivity index (χ0v) is 17.3. The fourth-order valence-corrected chi connectivity index (χ4v) is 3.57. The van der Waals surface area contributed by atoms with E-state index in [0.717, 1.165) is 39.2 Å². The van der Waals surface area contributed by atoms with Crippen LogP contribution in [0.5, 0.6) is 11.5 Å². The second kappa shape index (κ2) is 7.39. The Hall–Kier alpha value is -3.08. The molecule has 3 aromatic rings. The van der Waals surface area contributed by atoms with E-state index < -0.39 is 0 Å². The van der Waals surface area contributed by atoms with Gasteiger partial charge in [0.05, 0.1) is 16.8 Å². The van der Waals surface area contributed by atoms with E-state index in [-0.39, 0.29) is 11.3 Å². The zero-order valence-electron chi connectivity index (χ0n) is 17.3. The number of carbonyl (C=O) groups excluding carboxylic acids is 1. The molecule has 2 aromatic carbocycles. The summed E-state index contributed by atoms with van der Waals surface area (Å²) < 4.78 is 11.3. The first-order valence-electron chi connectivity index (χ1n) is 9.90. The first kappa shape index (κ1) is 19.2. The average molecular weight is 390 g/mol. The van der Waals surface area contributed by atoms with Crippen molar-refractivity contribution in [3.05, 3.63) is 64.8 Å². The largest absolute Gasteiger partial charge is 0.486 e. The summed E-state index contributed by atoms with van der Waals surface area (Å²) in [7, 11) is 0. The second-order valence-corrected chi connectivity index (χ2v) is 8.24. The number of hydrogen-bond donors (Lipinski definition) is 1. The van der Waals surface area contributed by atoms with Gasteiger partial charge in [-0.25, -0.2) is 0 Å². The van der Waals surface area contributed by atoms with Gasteiger partial charge in [-0.15, -0.1) is 0 Å². The summed E-state index contributed by atoms with van der Waals surface area (Å²) >= 11 is 0. The van der Waals surface area contributed by atoms with Crippen molar-refractivity contribution in [2.24, 2.45) is 0 Å². The van der Waals surface area contributed by atoms with E-state index in [1.165, 1.54) is 0 Å². The van der Waals surface area contributed by atoms with Gasteiger partial charge in [-0.3, -0.25) is 9.78 Å². The average Bonchev–Trinajstić information content (AvgIpc) is 2.71. The third kappa shape index (κ3) is 3.90. The molecule has 5 heteroatoms. The van der Waals surface area contributed by atoms with Gasteiger partial charge >= 0.3 is 0 Å². The molecule has 1 aliphatic heterocycles. The molecule has 1 amide bonds. The van der Waals surface area contributed by atoms with Crippen LogP contribution in [0.2, 0.25) is 0 Å². The van der Waals surface area contributed by atoms with Gasteiger partial charge in [0.2, 0.25) is 0 Å². The fraction of sp³-hybridized carbons (Fsp3) is 0.333. The lowest BCUT2D eigenvalue weighted by molar-refractivity contribution is 0.0944. The van der Waals surface area contributed by atoms with Crippen LogP contribution in [-0.2, 0) is 5.41 Å². The van der Waals surface area contributed by atoms with Gasteiger partial charge in [-0.2, -0.15) is 0 Å². The van der Waals surface area contributed by atoms with Crippen LogP contribution >= 0.6 is 0 Å². The lowest BCUT2D eigenvalue weighted by Gasteiger charge is -2.28. The standard InChI is InChI=1S/C24H26N2O3/c1-15-5-6-17-12-19(16(2)26-20(17)11-15)23(27)25-14-24(3,4)18-7-8-21-22(13-18)29-10-9-28-21/h5-8,11-13H,9-10,14H2,1-4H3,(H,25,27). The highest BCUT2D eigenvalue weighted by Gasteiger charge is 2.25. The summed E-state index contributed by atoms with van der Waals surface area (Å²) in [6.07, 6.45) is 0. The van der Waals surface area contributed by atoms with E-state index in [1.54, 1.807) is 0 Å². The van der Waals surface area contributed by atoms with Crippen LogP contribution in [0.3, 0.4) is 0 Å².